The molecule has 1 amide bonds. The van der Waals surface area contributed by atoms with Gasteiger partial charge in [0.05, 0.1) is 5.56 Å². The van der Waals surface area contributed by atoms with Gasteiger partial charge in [-0.1, -0.05) is 11.6 Å². The first-order chi connectivity index (χ1) is 9.09. The summed E-state index contributed by atoms with van der Waals surface area (Å²) < 4.78 is 0.950. The zero-order chi connectivity index (χ0) is 13.8. The number of rotatable bonds is 2. The topological polar surface area (TPSA) is 32.3 Å². The second-order valence-electron chi connectivity index (χ2n) is 4.87. The van der Waals surface area contributed by atoms with Crippen molar-refractivity contribution in [3.8, 4) is 0 Å². The third-order valence-corrected chi connectivity index (χ3v) is 4.75. The van der Waals surface area contributed by atoms with Crippen molar-refractivity contribution in [3.63, 3.8) is 0 Å². The Balaban J connectivity index is 0.00000200. The summed E-state index contributed by atoms with van der Waals surface area (Å²) in [7, 11) is 1.90. The number of halogens is 3. The van der Waals surface area contributed by atoms with Crippen LogP contribution < -0.4 is 5.32 Å². The van der Waals surface area contributed by atoms with E-state index in [0.29, 0.717) is 16.6 Å². The van der Waals surface area contributed by atoms with Crippen molar-refractivity contribution < 1.29 is 4.79 Å². The molecule has 0 saturated carbocycles. The van der Waals surface area contributed by atoms with Gasteiger partial charge in [0.1, 0.15) is 0 Å². The molecule has 0 bridgehead atoms. The smallest absolute Gasteiger partial charge is 0.254 e. The van der Waals surface area contributed by atoms with Crippen molar-refractivity contribution >= 4 is 52.5 Å². The molecule has 0 radical (unpaired) electrons. The molecule has 1 atom stereocenters. The maximum Gasteiger partial charge on any atom is 0.254 e. The van der Waals surface area contributed by atoms with E-state index in [4.69, 9.17) is 11.6 Å². The van der Waals surface area contributed by atoms with Crippen LogP contribution in [0.3, 0.4) is 0 Å². The molecule has 1 aromatic rings. The molecule has 1 aliphatic heterocycles. The standard InChI is InChI=1S/C14H18ClIN2O.ClH/c1-18(11-3-2-7-17-8-6-11)14(19)12-9-10(15)4-5-13(12)16;/h4-5,9,11,17H,2-3,6-8H2,1H3;1H. The molecule has 112 valence electrons. The number of hydrogen-bond acceptors (Lipinski definition) is 2. The second kappa shape index (κ2) is 8.41. The Kier molecular flexibility index (Phi) is 7.58. The minimum absolute atomic E-state index is 0. The van der Waals surface area contributed by atoms with Gasteiger partial charge in [-0.05, 0) is 73.1 Å². The molecule has 1 aliphatic rings. The van der Waals surface area contributed by atoms with Gasteiger partial charge in [0.15, 0.2) is 0 Å². The van der Waals surface area contributed by atoms with Gasteiger partial charge in [0, 0.05) is 21.7 Å². The number of carbonyl (C=O) groups is 1. The summed E-state index contributed by atoms with van der Waals surface area (Å²) in [5.74, 6) is 0.0683. The Labute approximate surface area is 145 Å². The predicted octanol–water partition coefficient (Wildman–Crippen LogP) is 3.58. The molecule has 0 aromatic heterocycles. The average molecular weight is 429 g/mol. The van der Waals surface area contributed by atoms with Crippen LogP contribution in [0.15, 0.2) is 18.2 Å². The third-order valence-electron chi connectivity index (χ3n) is 3.57. The molecule has 0 aliphatic carbocycles. The molecule has 1 unspecified atom stereocenters. The van der Waals surface area contributed by atoms with E-state index in [2.05, 4.69) is 27.9 Å². The summed E-state index contributed by atoms with van der Waals surface area (Å²) in [6.45, 7) is 2.03. The van der Waals surface area contributed by atoms with Gasteiger partial charge >= 0.3 is 0 Å². The molecule has 0 spiro atoms. The van der Waals surface area contributed by atoms with Crippen molar-refractivity contribution in [2.45, 2.75) is 25.3 Å². The third kappa shape index (κ3) is 4.48. The van der Waals surface area contributed by atoms with Gasteiger partial charge in [0.25, 0.3) is 5.91 Å². The predicted molar refractivity (Wildman–Crippen MR) is 94.0 cm³/mol. The van der Waals surface area contributed by atoms with E-state index >= 15 is 0 Å². The molecule has 20 heavy (non-hydrogen) atoms. The van der Waals surface area contributed by atoms with Crippen molar-refractivity contribution in [1.29, 1.82) is 0 Å². The quantitative estimate of drug-likeness (QED) is 0.730. The van der Waals surface area contributed by atoms with Crippen LogP contribution in [0.25, 0.3) is 0 Å². The molecular formula is C14H19Cl2IN2O. The Morgan fingerprint density at radius 1 is 1.40 bits per heavy atom. The van der Waals surface area contributed by atoms with Crippen LogP contribution in [0.2, 0.25) is 5.02 Å². The molecule has 1 fully saturated rings. The zero-order valence-corrected chi connectivity index (χ0v) is 15.1. The minimum Gasteiger partial charge on any atom is -0.339 e. The van der Waals surface area contributed by atoms with E-state index in [1.165, 1.54) is 0 Å². The zero-order valence-electron chi connectivity index (χ0n) is 11.4. The monoisotopic (exact) mass is 428 g/mol. The summed E-state index contributed by atoms with van der Waals surface area (Å²) in [5.41, 5.74) is 0.702. The summed E-state index contributed by atoms with van der Waals surface area (Å²) >= 11 is 8.18. The minimum atomic E-state index is 0. The lowest BCUT2D eigenvalue weighted by molar-refractivity contribution is 0.0719. The van der Waals surface area contributed by atoms with E-state index < -0.39 is 0 Å². The van der Waals surface area contributed by atoms with Crippen LogP contribution in [0.5, 0.6) is 0 Å². The summed E-state index contributed by atoms with van der Waals surface area (Å²) in [4.78, 5) is 14.4. The fraction of sp³-hybridized carbons (Fsp3) is 0.500. The van der Waals surface area contributed by atoms with Crippen LogP contribution in [0, 0.1) is 3.57 Å². The number of nitrogens with one attached hydrogen (secondary N) is 1. The number of amides is 1. The van der Waals surface area contributed by atoms with Crippen LogP contribution in [-0.2, 0) is 0 Å². The van der Waals surface area contributed by atoms with E-state index in [1.54, 1.807) is 6.07 Å². The Hall–Kier alpha value is -0.0400. The molecule has 3 nitrogen and oxygen atoms in total. The highest BCUT2D eigenvalue weighted by atomic mass is 127. The highest BCUT2D eigenvalue weighted by Gasteiger charge is 2.23. The normalized spacial score (nSPS) is 18.9. The molecule has 6 heteroatoms. The lowest BCUT2D eigenvalue weighted by Gasteiger charge is -2.27. The molecule has 1 saturated heterocycles. The maximum atomic E-state index is 12.6. The first kappa shape index (κ1) is 18.0. The number of nitrogens with zero attached hydrogens (tertiary/aromatic N) is 1. The highest BCUT2D eigenvalue weighted by molar-refractivity contribution is 14.1. The number of benzene rings is 1. The molecule has 1 N–H and O–H groups in total. The van der Waals surface area contributed by atoms with E-state index in [-0.39, 0.29) is 18.3 Å². The van der Waals surface area contributed by atoms with Gasteiger partial charge in [0.2, 0.25) is 0 Å². The van der Waals surface area contributed by atoms with Gasteiger partial charge in [-0.15, -0.1) is 12.4 Å². The van der Waals surface area contributed by atoms with Crippen molar-refractivity contribution in [2.75, 3.05) is 20.1 Å². The Bertz CT molecular complexity index is 462. The SMILES string of the molecule is CN(C(=O)c1cc(Cl)ccc1I)C1CCCNCC1.Cl. The fourth-order valence-corrected chi connectivity index (χ4v) is 3.14. The maximum absolute atomic E-state index is 12.6. The average Bonchev–Trinajstić information content (AvgIpc) is 2.69. The van der Waals surface area contributed by atoms with Crippen LogP contribution in [-0.4, -0.2) is 37.0 Å². The summed E-state index contributed by atoms with van der Waals surface area (Å²) in [6.07, 6.45) is 3.20. The Morgan fingerprint density at radius 3 is 2.90 bits per heavy atom. The number of hydrogen-bond donors (Lipinski definition) is 1. The van der Waals surface area contributed by atoms with Gasteiger partial charge in [-0.3, -0.25) is 4.79 Å². The summed E-state index contributed by atoms with van der Waals surface area (Å²) in [6, 6.07) is 5.78. The molecule has 2 rings (SSSR count). The van der Waals surface area contributed by atoms with E-state index in [1.807, 2.05) is 24.1 Å². The van der Waals surface area contributed by atoms with Gasteiger partial charge < -0.3 is 10.2 Å². The first-order valence-electron chi connectivity index (χ1n) is 6.52. The van der Waals surface area contributed by atoms with Gasteiger partial charge in [-0.25, -0.2) is 0 Å². The summed E-state index contributed by atoms with van der Waals surface area (Å²) in [5, 5.41) is 3.98. The van der Waals surface area contributed by atoms with Crippen molar-refractivity contribution in [2.24, 2.45) is 0 Å². The molecule has 1 heterocycles. The largest absolute Gasteiger partial charge is 0.339 e. The molecular weight excluding hydrogens is 410 g/mol. The lowest BCUT2D eigenvalue weighted by atomic mass is 10.1. The highest BCUT2D eigenvalue weighted by Crippen LogP contribution is 2.21. The van der Waals surface area contributed by atoms with E-state index in [0.717, 1.165) is 35.9 Å². The van der Waals surface area contributed by atoms with Crippen LogP contribution >= 0.6 is 46.6 Å². The second-order valence-corrected chi connectivity index (χ2v) is 6.47. The van der Waals surface area contributed by atoms with Crippen LogP contribution in [0.4, 0.5) is 0 Å². The van der Waals surface area contributed by atoms with Crippen molar-refractivity contribution in [1.82, 2.24) is 10.2 Å². The van der Waals surface area contributed by atoms with E-state index in [9.17, 15) is 4.79 Å². The fourth-order valence-electron chi connectivity index (χ4n) is 2.41. The Morgan fingerprint density at radius 2 is 2.15 bits per heavy atom. The number of carbonyl (C=O) groups excluding carboxylic acids is 1. The molecule has 1 aromatic carbocycles. The lowest BCUT2D eigenvalue weighted by Crippen LogP contribution is -2.38. The first-order valence-corrected chi connectivity index (χ1v) is 7.98. The van der Waals surface area contributed by atoms with Crippen molar-refractivity contribution in [3.05, 3.63) is 32.4 Å². The van der Waals surface area contributed by atoms with Gasteiger partial charge in [-0.2, -0.15) is 0 Å². The van der Waals surface area contributed by atoms with Crippen LogP contribution in [0.1, 0.15) is 29.6 Å².